The number of carboxylic acid groups (broad SMARTS) is 1. The van der Waals surface area contributed by atoms with Crippen molar-refractivity contribution in [1.29, 1.82) is 0 Å². The van der Waals surface area contributed by atoms with Crippen LogP contribution in [0.25, 0.3) is 0 Å². The summed E-state index contributed by atoms with van der Waals surface area (Å²) in [6.45, 7) is 4.60. The lowest BCUT2D eigenvalue weighted by atomic mass is 10.0. The number of aromatic nitrogens is 1. The molecule has 0 aliphatic carbocycles. The van der Waals surface area contributed by atoms with Crippen molar-refractivity contribution >= 4 is 39.7 Å². The number of aryl methyl sites for hydroxylation is 1. The number of phenols is 1. The number of phenolic OH excluding ortho intramolecular Hbond substituents is 1. The molecule has 0 unspecified atom stereocenters. The number of aromatic hydroxyl groups is 1. The molecule has 0 bridgehead atoms. The van der Waals surface area contributed by atoms with Crippen LogP contribution in [0.3, 0.4) is 0 Å². The molecule has 1 heterocycles. The van der Waals surface area contributed by atoms with Crippen molar-refractivity contribution in [2.45, 2.75) is 26.7 Å². The van der Waals surface area contributed by atoms with Gasteiger partial charge in [0, 0.05) is 31.8 Å². The number of carbonyl (C=O) groups is 2. The van der Waals surface area contributed by atoms with Gasteiger partial charge in [-0.1, -0.05) is 24.7 Å². The van der Waals surface area contributed by atoms with E-state index in [4.69, 9.17) is 14.6 Å². The van der Waals surface area contributed by atoms with E-state index in [9.17, 15) is 9.90 Å². The summed E-state index contributed by atoms with van der Waals surface area (Å²) in [5.41, 5.74) is 2.17. The van der Waals surface area contributed by atoms with Gasteiger partial charge in [0.15, 0.2) is 10.9 Å². The minimum atomic E-state index is -0.833. The molecule has 10 heteroatoms. The molecule has 2 aromatic carbocycles. The summed E-state index contributed by atoms with van der Waals surface area (Å²) in [4.78, 5) is 29.3. The van der Waals surface area contributed by atoms with Crippen molar-refractivity contribution in [1.82, 2.24) is 9.88 Å². The second-order valence-corrected chi connectivity index (χ2v) is 9.19. The zero-order valence-corrected chi connectivity index (χ0v) is 22.1. The number of carboxylic acids is 1. The molecule has 0 fully saturated rings. The summed E-state index contributed by atoms with van der Waals surface area (Å²) in [6.07, 6.45) is 1.61. The Morgan fingerprint density at radius 1 is 1.14 bits per heavy atom. The van der Waals surface area contributed by atoms with E-state index in [0.29, 0.717) is 28.0 Å². The van der Waals surface area contributed by atoms with Crippen molar-refractivity contribution in [2.24, 2.45) is 0 Å². The summed E-state index contributed by atoms with van der Waals surface area (Å²) < 4.78 is 5.72. The van der Waals surface area contributed by atoms with Gasteiger partial charge in [-0.15, -0.1) is 0 Å². The zero-order valence-electron chi connectivity index (χ0n) is 21.3. The first kappa shape index (κ1) is 28.6. The quantitative estimate of drug-likeness (QED) is 0.266. The van der Waals surface area contributed by atoms with E-state index < -0.39 is 5.97 Å². The molecular formula is C26H34N4O5S. The third kappa shape index (κ3) is 8.86. The molecule has 0 radical (unpaired) electrons. The molecule has 0 aliphatic heterocycles. The lowest BCUT2D eigenvalue weighted by Gasteiger charge is -2.11. The molecule has 0 aliphatic rings. The Bertz CT molecular complexity index is 1140. The lowest BCUT2D eigenvalue weighted by molar-refractivity contribution is -0.134. The van der Waals surface area contributed by atoms with Crippen molar-refractivity contribution in [3.8, 4) is 11.5 Å². The molecule has 0 saturated carbocycles. The van der Waals surface area contributed by atoms with Crippen LogP contribution in [0, 0.1) is 0 Å². The highest BCUT2D eigenvalue weighted by molar-refractivity contribution is 7.18. The van der Waals surface area contributed by atoms with Crippen LogP contribution in [0.2, 0.25) is 0 Å². The molecular weight excluding hydrogens is 480 g/mol. The highest BCUT2D eigenvalue weighted by atomic mass is 32.1. The number of ether oxygens (including phenoxy) is 1. The predicted molar refractivity (Wildman–Crippen MR) is 144 cm³/mol. The number of benzene rings is 2. The summed E-state index contributed by atoms with van der Waals surface area (Å²) in [7, 11) is 5.76. The number of aliphatic carboxylic acids is 1. The Hall–Kier alpha value is -3.63. The number of thiazole rings is 1. The molecule has 0 saturated heterocycles. The minimum absolute atomic E-state index is 0.123. The first-order chi connectivity index (χ1) is 17.1. The molecule has 3 aromatic rings. The van der Waals surface area contributed by atoms with Gasteiger partial charge in [-0.05, 0) is 68.5 Å². The van der Waals surface area contributed by atoms with E-state index in [1.165, 1.54) is 11.3 Å². The van der Waals surface area contributed by atoms with Crippen LogP contribution >= 0.6 is 11.3 Å². The maximum Gasteiger partial charge on any atom is 0.300 e. The lowest BCUT2D eigenvalue weighted by Crippen LogP contribution is -2.19. The minimum Gasteiger partial charge on any atom is -0.508 e. The average molecular weight is 515 g/mol. The molecule has 0 atom stereocenters. The van der Waals surface area contributed by atoms with E-state index in [2.05, 4.69) is 20.5 Å². The molecule has 4 N–H and O–H groups in total. The number of hydrogen-bond donors (Lipinski definition) is 4. The van der Waals surface area contributed by atoms with E-state index in [1.807, 2.05) is 45.3 Å². The fourth-order valence-electron chi connectivity index (χ4n) is 3.13. The fourth-order valence-corrected chi connectivity index (χ4v) is 4.08. The van der Waals surface area contributed by atoms with Gasteiger partial charge in [0.25, 0.3) is 5.97 Å². The smallest absolute Gasteiger partial charge is 0.300 e. The zero-order chi connectivity index (χ0) is 26.7. The normalized spacial score (nSPS) is 10.4. The third-order valence-corrected chi connectivity index (χ3v) is 5.81. The monoisotopic (exact) mass is 514 g/mol. The van der Waals surface area contributed by atoms with Crippen LogP contribution in [0.15, 0.2) is 42.5 Å². The van der Waals surface area contributed by atoms with Crippen molar-refractivity contribution in [3.05, 3.63) is 58.5 Å². The molecule has 1 aromatic heterocycles. The maximum atomic E-state index is 13.2. The number of likely N-dealkylation sites (N-methyl/N-ethyl adjacent to an activating group) is 1. The van der Waals surface area contributed by atoms with Gasteiger partial charge in [-0.25, -0.2) is 4.98 Å². The van der Waals surface area contributed by atoms with Gasteiger partial charge in [0.05, 0.1) is 0 Å². The second-order valence-electron chi connectivity index (χ2n) is 8.19. The first-order valence-electron chi connectivity index (χ1n) is 11.5. The number of nitrogens with zero attached hydrogens (tertiary/aromatic N) is 2. The Morgan fingerprint density at radius 3 is 2.39 bits per heavy atom. The number of hydrogen-bond acceptors (Lipinski definition) is 9. The predicted octanol–water partition coefficient (Wildman–Crippen LogP) is 4.85. The number of rotatable bonds is 11. The Morgan fingerprint density at radius 2 is 1.81 bits per heavy atom. The van der Waals surface area contributed by atoms with Crippen LogP contribution in [0.5, 0.6) is 11.5 Å². The first-order valence-corrected chi connectivity index (χ1v) is 12.4. The highest BCUT2D eigenvalue weighted by Gasteiger charge is 2.20. The molecule has 194 valence electrons. The third-order valence-electron chi connectivity index (χ3n) is 4.84. The highest BCUT2D eigenvalue weighted by Crippen LogP contribution is 2.32. The Balaban J connectivity index is 0.00000106. The van der Waals surface area contributed by atoms with Crippen LogP contribution in [-0.2, 0) is 11.2 Å². The summed E-state index contributed by atoms with van der Waals surface area (Å²) >= 11 is 1.29. The fraction of sp³-hybridized carbons (Fsp3) is 0.346. The molecule has 3 rings (SSSR count). The molecule has 0 amide bonds. The van der Waals surface area contributed by atoms with Crippen molar-refractivity contribution in [2.75, 3.05) is 44.9 Å². The summed E-state index contributed by atoms with van der Waals surface area (Å²) in [6, 6.07) is 12.7. The van der Waals surface area contributed by atoms with Gasteiger partial charge >= 0.3 is 0 Å². The van der Waals surface area contributed by atoms with Gasteiger partial charge < -0.3 is 30.5 Å². The summed E-state index contributed by atoms with van der Waals surface area (Å²) in [5.74, 6) is 0.592. The van der Waals surface area contributed by atoms with E-state index in [0.717, 1.165) is 43.3 Å². The van der Waals surface area contributed by atoms with Crippen LogP contribution in [-0.4, -0.2) is 66.1 Å². The number of ketones is 1. The SMILES string of the molecule is CC(=O)O.CCCc1cc(C(=O)c2sc(Nc3ccc(OCCN(C)C)cc3)nc2NC)ccc1O. The van der Waals surface area contributed by atoms with E-state index in [1.54, 1.807) is 25.2 Å². The van der Waals surface area contributed by atoms with Gasteiger partial charge in [0.1, 0.15) is 23.0 Å². The average Bonchev–Trinajstić information content (AvgIpc) is 3.23. The van der Waals surface area contributed by atoms with Crippen LogP contribution < -0.4 is 15.4 Å². The Labute approximate surface area is 215 Å². The van der Waals surface area contributed by atoms with E-state index in [-0.39, 0.29) is 11.5 Å². The van der Waals surface area contributed by atoms with Crippen LogP contribution in [0.1, 0.15) is 41.1 Å². The number of anilines is 3. The summed E-state index contributed by atoms with van der Waals surface area (Å²) in [5, 5.41) is 24.3. The van der Waals surface area contributed by atoms with Crippen molar-refractivity contribution in [3.63, 3.8) is 0 Å². The maximum absolute atomic E-state index is 13.2. The molecule has 36 heavy (non-hydrogen) atoms. The van der Waals surface area contributed by atoms with Crippen molar-refractivity contribution < 1.29 is 24.5 Å². The Kier molecular flexibility index (Phi) is 11.2. The molecule has 0 spiro atoms. The number of nitrogens with one attached hydrogen (secondary N) is 2. The standard InChI is InChI=1S/C24H30N4O3S.C2H4O2/c1-5-6-16-15-17(7-12-20(16)29)21(30)22-23(25-2)27-24(32-22)26-18-8-10-19(11-9-18)31-14-13-28(3)4;1-2(3)4/h7-12,15,25,29H,5-6,13-14H2,1-4H3,(H,26,27);1H3,(H,3,4). The van der Waals surface area contributed by atoms with E-state index >= 15 is 0 Å². The van der Waals surface area contributed by atoms with Gasteiger partial charge in [-0.2, -0.15) is 0 Å². The topological polar surface area (TPSA) is 124 Å². The van der Waals surface area contributed by atoms with Crippen LogP contribution in [0.4, 0.5) is 16.6 Å². The van der Waals surface area contributed by atoms with Gasteiger partial charge in [-0.3, -0.25) is 9.59 Å². The molecule has 9 nitrogen and oxygen atoms in total. The van der Waals surface area contributed by atoms with Gasteiger partial charge in [0.2, 0.25) is 5.78 Å². The second kappa shape index (κ2) is 14.1. The number of carbonyl (C=O) groups excluding carboxylic acids is 1. The largest absolute Gasteiger partial charge is 0.508 e.